The van der Waals surface area contributed by atoms with Crippen molar-refractivity contribution in [2.45, 2.75) is 6.92 Å². The van der Waals surface area contributed by atoms with Crippen LogP contribution in [-0.4, -0.2) is 19.1 Å². The first-order valence-corrected chi connectivity index (χ1v) is 5.50. The number of guanidine groups is 1. The van der Waals surface area contributed by atoms with Gasteiger partial charge in [0.15, 0.2) is 0 Å². The van der Waals surface area contributed by atoms with Gasteiger partial charge in [-0.2, -0.15) is 0 Å². The van der Waals surface area contributed by atoms with Crippen molar-refractivity contribution in [2.75, 3.05) is 12.0 Å². The minimum absolute atomic E-state index is 0.394. The molecule has 0 bridgehead atoms. The summed E-state index contributed by atoms with van der Waals surface area (Å²) in [6.45, 7) is 1.82. The standard InChI is InChI=1S/C10H13BrN4O2/c1-6-4-3-5-7(11)8(6)15(9(12)13)10(16)14-17-2/h3-5H,1-2H3,(H3,12,13)(H,14,16). The first-order valence-electron chi connectivity index (χ1n) is 4.71. The van der Waals surface area contributed by atoms with Gasteiger partial charge in [-0.1, -0.05) is 12.1 Å². The largest absolute Gasteiger partial charge is 0.369 e. The van der Waals surface area contributed by atoms with Crippen LogP contribution in [0.25, 0.3) is 0 Å². The van der Waals surface area contributed by atoms with E-state index in [-0.39, 0.29) is 0 Å². The number of carbonyl (C=O) groups is 1. The SMILES string of the molecule is CONC(=O)N(C(=N)N)c1c(C)cccc1Br. The third kappa shape index (κ3) is 2.95. The van der Waals surface area contributed by atoms with Crippen LogP contribution in [0.3, 0.4) is 0 Å². The van der Waals surface area contributed by atoms with Gasteiger partial charge in [0.25, 0.3) is 0 Å². The topological polar surface area (TPSA) is 91.4 Å². The second kappa shape index (κ2) is 5.65. The van der Waals surface area contributed by atoms with Gasteiger partial charge in [-0.3, -0.25) is 10.2 Å². The Kier molecular flexibility index (Phi) is 4.47. The number of hydroxylamine groups is 1. The molecule has 1 rings (SSSR count). The zero-order chi connectivity index (χ0) is 13.0. The molecule has 0 atom stereocenters. The fraction of sp³-hybridized carbons (Fsp3) is 0.200. The molecule has 92 valence electrons. The summed E-state index contributed by atoms with van der Waals surface area (Å²) >= 11 is 3.32. The van der Waals surface area contributed by atoms with Crippen molar-refractivity contribution in [1.82, 2.24) is 5.48 Å². The normalized spacial score (nSPS) is 9.82. The molecule has 0 radical (unpaired) electrons. The first-order chi connectivity index (χ1) is 7.99. The molecule has 0 heterocycles. The molecule has 6 nitrogen and oxygen atoms in total. The molecule has 1 aromatic carbocycles. The summed E-state index contributed by atoms with van der Waals surface area (Å²) in [4.78, 5) is 17.3. The third-order valence-electron chi connectivity index (χ3n) is 2.05. The van der Waals surface area contributed by atoms with Crippen molar-refractivity contribution < 1.29 is 9.63 Å². The molecule has 7 heteroatoms. The maximum atomic E-state index is 11.7. The lowest BCUT2D eigenvalue weighted by Crippen LogP contribution is -2.47. The van der Waals surface area contributed by atoms with Crippen molar-refractivity contribution in [1.29, 1.82) is 5.41 Å². The van der Waals surface area contributed by atoms with Gasteiger partial charge in [0, 0.05) is 4.47 Å². The van der Waals surface area contributed by atoms with Crippen molar-refractivity contribution in [3.05, 3.63) is 28.2 Å². The number of amides is 2. The number of anilines is 1. The Morgan fingerprint density at radius 1 is 1.59 bits per heavy atom. The number of nitrogens with zero attached hydrogens (tertiary/aromatic N) is 1. The zero-order valence-corrected chi connectivity index (χ0v) is 11.0. The van der Waals surface area contributed by atoms with Crippen molar-refractivity contribution >= 4 is 33.6 Å². The minimum atomic E-state index is -0.630. The Labute approximate surface area is 107 Å². The number of carbonyl (C=O) groups excluding carboxylic acids is 1. The van der Waals surface area contributed by atoms with Crippen LogP contribution < -0.4 is 16.1 Å². The summed E-state index contributed by atoms with van der Waals surface area (Å²) < 4.78 is 0.666. The number of rotatable bonds is 2. The maximum Gasteiger partial charge on any atom is 0.352 e. The third-order valence-corrected chi connectivity index (χ3v) is 2.69. The van der Waals surface area contributed by atoms with Crippen molar-refractivity contribution in [2.24, 2.45) is 5.73 Å². The van der Waals surface area contributed by atoms with Gasteiger partial charge in [-0.15, -0.1) is 0 Å². The number of halogens is 1. The van der Waals surface area contributed by atoms with Crippen LogP contribution in [0.1, 0.15) is 5.56 Å². The van der Waals surface area contributed by atoms with Crippen molar-refractivity contribution in [3.63, 3.8) is 0 Å². The van der Waals surface area contributed by atoms with E-state index >= 15 is 0 Å². The summed E-state index contributed by atoms with van der Waals surface area (Å²) in [7, 11) is 1.31. The zero-order valence-electron chi connectivity index (χ0n) is 9.45. The van der Waals surface area contributed by atoms with E-state index in [9.17, 15) is 4.79 Å². The van der Waals surface area contributed by atoms with Gasteiger partial charge in [-0.25, -0.2) is 15.2 Å². The van der Waals surface area contributed by atoms with Crippen LogP contribution in [0.15, 0.2) is 22.7 Å². The van der Waals surface area contributed by atoms with Gasteiger partial charge < -0.3 is 5.73 Å². The van der Waals surface area contributed by atoms with Gasteiger partial charge in [0.1, 0.15) is 0 Å². The maximum absolute atomic E-state index is 11.7. The second-order valence-electron chi connectivity index (χ2n) is 3.24. The molecule has 0 saturated carbocycles. The predicted octanol–water partition coefficient (Wildman–Crippen LogP) is 1.73. The fourth-order valence-electron chi connectivity index (χ4n) is 1.37. The van der Waals surface area contributed by atoms with Crippen LogP contribution in [0.5, 0.6) is 0 Å². The number of para-hydroxylation sites is 1. The monoisotopic (exact) mass is 300 g/mol. The van der Waals surface area contributed by atoms with Crippen LogP contribution >= 0.6 is 15.9 Å². The molecule has 0 spiro atoms. The first kappa shape index (κ1) is 13.5. The number of nitrogens with two attached hydrogens (primary N) is 1. The Morgan fingerprint density at radius 2 is 2.24 bits per heavy atom. The highest BCUT2D eigenvalue weighted by Gasteiger charge is 2.22. The quantitative estimate of drug-likeness (QED) is 0.441. The van der Waals surface area contributed by atoms with Crippen LogP contribution in [-0.2, 0) is 4.84 Å². The predicted molar refractivity (Wildman–Crippen MR) is 68.8 cm³/mol. The van der Waals surface area contributed by atoms with Crippen LogP contribution in [0, 0.1) is 12.3 Å². The molecule has 0 aliphatic heterocycles. The number of aryl methyl sites for hydroxylation is 1. The van der Waals surface area contributed by atoms with Crippen molar-refractivity contribution in [3.8, 4) is 0 Å². The second-order valence-corrected chi connectivity index (χ2v) is 4.09. The highest BCUT2D eigenvalue weighted by atomic mass is 79.9. The van der Waals surface area contributed by atoms with Gasteiger partial charge in [0.05, 0.1) is 12.8 Å². The Morgan fingerprint density at radius 3 is 2.71 bits per heavy atom. The molecule has 0 unspecified atom stereocenters. The minimum Gasteiger partial charge on any atom is -0.369 e. The lowest BCUT2D eigenvalue weighted by molar-refractivity contribution is 0.112. The summed E-state index contributed by atoms with van der Waals surface area (Å²) in [6, 6.07) is 4.78. The molecule has 0 aromatic heterocycles. The number of benzene rings is 1. The summed E-state index contributed by atoms with van der Waals surface area (Å²) in [5, 5.41) is 7.46. The summed E-state index contributed by atoms with van der Waals surface area (Å²) in [6.07, 6.45) is 0. The number of urea groups is 1. The number of nitrogens with one attached hydrogen (secondary N) is 2. The van der Waals surface area contributed by atoms with Crippen LogP contribution in [0.2, 0.25) is 0 Å². The molecule has 0 saturated heterocycles. The highest BCUT2D eigenvalue weighted by Crippen LogP contribution is 2.29. The van der Waals surface area contributed by atoms with E-state index in [0.29, 0.717) is 10.2 Å². The summed E-state index contributed by atoms with van der Waals surface area (Å²) in [5.74, 6) is -0.394. The fourth-order valence-corrected chi connectivity index (χ4v) is 2.01. The summed E-state index contributed by atoms with van der Waals surface area (Å²) in [5.41, 5.74) is 8.85. The van der Waals surface area contributed by atoms with E-state index in [2.05, 4.69) is 26.2 Å². The van der Waals surface area contributed by atoms with Gasteiger partial charge in [0.2, 0.25) is 5.96 Å². The molecule has 0 aliphatic carbocycles. The van der Waals surface area contributed by atoms with E-state index in [4.69, 9.17) is 11.1 Å². The smallest absolute Gasteiger partial charge is 0.352 e. The highest BCUT2D eigenvalue weighted by molar-refractivity contribution is 9.10. The lowest BCUT2D eigenvalue weighted by atomic mass is 10.2. The Bertz CT molecular complexity index is 430. The number of hydrogen-bond donors (Lipinski definition) is 3. The van der Waals surface area contributed by atoms with Gasteiger partial charge >= 0.3 is 6.03 Å². The number of hydrogen-bond acceptors (Lipinski definition) is 3. The van der Waals surface area contributed by atoms with E-state index < -0.39 is 12.0 Å². The van der Waals surface area contributed by atoms with E-state index in [1.165, 1.54) is 7.11 Å². The average molecular weight is 301 g/mol. The molecule has 2 amide bonds. The Hall–Kier alpha value is -1.60. The van der Waals surface area contributed by atoms with E-state index in [1.54, 1.807) is 6.07 Å². The molecular weight excluding hydrogens is 288 g/mol. The lowest BCUT2D eigenvalue weighted by Gasteiger charge is -2.23. The van der Waals surface area contributed by atoms with E-state index in [0.717, 1.165) is 10.5 Å². The molecule has 0 aliphatic rings. The van der Waals surface area contributed by atoms with Gasteiger partial charge in [-0.05, 0) is 34.5 Å². The molecule has 0 fully saturated rings. The Balaban J connectivity index is 3.23. The molecule has 1 aromatic rings. The molecular formula is C10H13BrN4O2. The van der Waals surface area contributed by atoms with E-state index in [1.807, 2.05) is 19.1 Å². The van der Waals surface area contributed by atoms with Crippen LogP contribution in [0.4, 0.5) is 10.5 Å². The average Bonchev–Trinajstić information content (AvgIpc) is 2.23. The molecule has 17 heavy (non-hydrogen) atoms. The molecule has 4 N–H and O–H groups in total.